The van der Waals surface area contributed by atoms with Crippen LogP contribution < -0.4 is 5.73 Å². The van der Waals surface area contributed by atoms with Gasteiger partial charge in [-0.1, -0.05) is 34.6 Å². The molecule has 0 aromatic carbocycles. The van der Waals surface area contributed by atoms with Crippen molar-refractivity contribution in [2.24, 2.45) is 28.9 Å². The molecule has 0 aromatic heterocycles. The van der Waals surface area contributed by atoms with Crippen molar-refractivity contribution < 1.29 is 0 Å². The Morgan fingerprint density at radius 1 is 1.18 bits per heavy atom. The number of piperidine rings is 1. The Morgan fingerprint density at radius 3 is 2.06 bits per heavy atom. The fraction of sp³-hybridized carbons (Fsp3) is 1.00. The number of nitrogens with two attached hydrogens (primary N) is 1. The first-order valence-electron chi connectivity index (χ1n) is 7.27. The second kappa shape index (κ2) is 6.19. The van der Waals surface area contributed by atoms with Gasteiger partial charge < -0.3 is 10.6 Å². The largest absolute Gasteiger partial charge is 0.330 e. The molecule has 2 N–H and O–H groups in total. The summed E-state index contributed by atoms with van der Waals surface area (Å²) in [5, 5.41) is 0. The summed E-state index contributed by atoms with van der Waals surface area (Å²) < 4.78 is 0. The molecular formula is C15H32N2. The normalized spacial score (nSPS) is 22.1. The van der Waals surface area contributed by atoms with Crippen LogP contribution in [0, 0.1) is 23.2 Å². The number of rotatable bonds is 4. The lowest BCUT2D eigenvalue weighted by molar-refractivity contribution is 0.0953. The SMILES string of the molecule is CC(C)C(CN)CN1CCC(C(C)(C)C)CC1. The van der Waals surface area contributed by atoms with Gasteiger partial charge in [-0.3, -0.25) is 0 Å². The molecule has 102 valence electrons. The lowest BCUT2D eigenvalue weighted by Crippen LogP contribution is -2.42. The molecule has 0 amide bonds. The molecule has 1 aliphatic heterocycles. The molecule has 1 fully saturated rings. The molecule has 0 saturated carbocycles. The third-order valence-electron chi connectivity index (χ3n) is 4.55. The summed E-state index contributed by atoms with van der Waals surface area (Å²) in [5.41, 5.74) is 6.34. The molecule has 1 rings (SSSR count). The number of hydrogen-bond donors (Lipinski definition) is 1. The molecule has 2 heteroatoms. The molecule has 1 saturated heterocycles. The third kappa shape index (κ3) is 4.59. The van der Waals surface area contributed by atoms with Crippen LogP contribution in [0.3, 0.4) is 0 Å². The second-order valence-electron chi connectivity index (χ2n) is 7.18. The molecule has 1 unspecified atom stereocenters. The summed E-state index contributed by atoms with van der Waals surface area (Å²) in [7, 11) is 0. The van der Waals surface area contributed by atoms with Gasteiger partial charge in [-0.2, -0.15) is 0 Å². The van der Waals surface area contributed by atoms with Crippen LogP contribution in [0.5, 0.6) is 0 Å². The zero-order chi connectivity index (χ0) is 13.1. The van der Waals surface area contributed by atoms with Crippen molar-refractivity contribution in [3.63, 3.8) is 0 Å². The topological polar surface area (TPSA) is 29.3 Å². The van der Waals surface area contributed by atoms with Crippen LogP contribution in [0.2, 0.25) is 0 Å². The Hall–Kier alpha value is -0.0800. The van der Waals surface area contributed by atoms with E-state index in [1.165, 1.54) is 32.5 Å². The maximum atomic E-state index is 5.86. The highest BCUT2D eigenvalue weighted by Gasteiger charge is 2.29. The highest BCUT2D eigenvalue weighted by molar-refractivity contribution is 4.82. The molecule has 1 aliphatic rings. The van der Waals surface area contributed by atoms with Gasteiger partial charge in [0.15, 0.2) is 0 Å². The average molecular weight is 240 g/mol. The van der Waals surface area contributed by atoms with Crippen LogP contribution in [0.1, 0.15) is 47.5 Å². The zero-order valence-corrected chi connectivity index (χ0v) is 12.5. The Bertz CT molecular complexity index is 209. The summed E-state index contributed by atoms with van der Waals surface area (Å²) in [6, 6.07) is 0. The molecule has 0 bridgehead atoms. The van der Waals surface area contributed by atoms with Crippen molar-refractivity contribution in [3.05, 3.63) is 0 Å². The van der Waals surface area contributed by atoms with E-state index in [1.54, 1.807) is 0 Å². The smallest absolute Gasteiger partial charge is 0.00242 e. The van der Waals surface area contributed by atoms with Gasteiger partial charge in [0.05, 0.1) is 0 Å². The zero-order valence-electron chi connectivity index (χ0n) is 12.5. The van der Waals surface area contributed by atoms with E-state index in [1.807, 2.05) is 0 Å². The van der Waals surface area contributed by atoms with Crippen LogP contribution >= 0.6 is 0 Å². The average Bonchev–Trinajstić information content (AvgIpc) is 2.25. The molecule has 0 radical (unpaired) electrons. The van der Waals surface area contributed by atoms with Gasteiger partial charge in [0.25, 0.3) is 0 Å². The maximum absolute atomic E-state index is 5.86. The molecule has 1 atom stereocenters. The Labute approximate surface area is 108 Å². The van der Waals surface area contributed by atoms with E-state index in [2.05, 4.69) is 39.5 Å². The Morgan fingerprint density at radius 2 is 1.71 bits per heavy atom. The summed E-state index contributed by atoms with van der Waals surface area (Å²) in [6.45, 7) is 16.3. The van der Waals surface area contributed by atoms with Gasteiger partial charge in [0, 0.05) is 6.54 Å². The van der Waals surface area contributed by atoms with Crippen molar-refractivity contribution in [2.45, 2.75) is 47.5 Å². The number of hydrogen-bond acceptors (Lipinski definition) is 2. The van der Waals surface area contributed by atoms with Gasteiger partial charge >= 0.3 is 0 Å². The predicted octanol–water partition coefficient (Wildman–Crippen LogP) is 2.98. The minimum absolute atomic E-state index is 0.484. The Kier molecular flexibility index (Phi) is 5.46. The van der Waals surface area contributed by atoms with Gasteiger partial charge in [-0.25, -0.2) is 0 Å². The number of nitrogens with zero attached hydrogens (tertiary/aromatic N) is 1. The van der Waals surface area contributed by atoms with Gasteiger partial charge in [-0.15, -0.1) is 0 Å². The molecular weight excluding hydrogens is 208 g/mol. The van der Waals surface area contributed by atoms with Gasteiger partial charge in [0.2, 0.25) is 0 Å². The standard InChI is InChI=1S/C15H32N2/c1-12(2)13(10-16)11-17-8-6-14(7-9-17)15(3,4)5/h12-14H,6-11,16H2,1-5H3. The monoisotopic (exact) mass is 240 g/mol. The molecule has 0 aromatic rings. The summed E-state index contributed by atoms with van der Waals surface area (Å²) in [4.78, 5) is 2.62. The summed E-state index contributed by atoms with van der Waals surface area (Å²) in [5.74, 6) is 2.27. The quantitative estimate of drug-likeness (QED) is 0.818. The summed E-state index contributed by atoms with van der Waals surface area (Å²) in [6.07, 6.45) is 2.72. The molecule has 2 nitrogen and oxygen atoms in total. The second-order valence-corrected chi connectivity index (χ2v) is 7.18. The van der Waals surface area contributed by atoms with E-state index in [4.69, 9.17) is 5.73 Å². The fourth-order valence-corrected chi connectivity index (χ4v) is 2.87. The van der Waals surface area contributed by atoms with Crippen molar-refractivity contribution in [2.75, 3.05) is 26.2 Å². The first-order valence-corrected chi connectivity index (χ1v) is 7.27. The van der Waals surface area contributed by atoms with Gasteiger partial charge in [-0.05, 0) is 55.6 Å². The van der Waals surface area contributed by atoms with E-state index in [9.17, 15) is 0 Å². The molecule has 0 spiro atoms. The predicted molar refractivity (Wildman–Crippen MR) is 76.0 cm³/mol. The minimum Gasteiger partial charge on any atom is -0.330 e. The highest BCUT2D eigenvalue weighted by Crippen LogP contribution is 2.34. The summed E-state index contributed by atoms with van der Waals surface area (Å²) >= 11 is 0. The van der Waals surface area contributed by atoms with Crippen LogP contribution in [-0.2, 0) is 0 Å². The van der Waals surface area contributed by atoms with E-state index in [0.29, 0.717) is 17.3 Å². The third-order valence-corrected chi connectivity index (χ3v) is 4.55. The van der Waals surface area contributed by atoms with Crippen LogP contribution in [0.4, 0.5) is 0 Å². The van der Waals surface area contributed by atoms with Gasteiger partial charge in [0.1, 0.15) is 0 Å². The van der Waals surface area contributed by atoms with Crippen LogP contribution in [0.15, 0.2) is 0 Å². The van der Waals surface area contributed by atoms with E-state index in [-0.39, 0.29) is 0 Å². The van der Waals surface area contributed by atoms with Crippen molar-refractivity contribution in [1.29, 1.82) is 0 Å². The molecule has 17 heavy (non-hydrogen) atoms. The fourth-order valence-electron chi connectivity index (χ4n) is 2.87. The Balaban J connectivity index is 2.37. The highest BCUT2D eigenvalue weighted by atomic mass is 15.1. The van der Waals surface area contributed by atoms with Crippen molar-refractivity contribution >= 4 is 0 Å². The maximum Gasteiger partial charge on any atom is 0.00242 e. The molecule has 1 heterocycles. The van der Waals surface area contributed by atoms with Crippen LogP contribution in [-0.4, -0.2) is 31.1 Å². The lowest BCUT2D eigenvalue weighted by atomic mass is 9.75. The number of likely N-dealkylation sites (tertiary alicyclic amines) is 1. The first kappa shape index (κ1) is 15.0. The lowest BCUT2D eigenvalue weighted by Gasteiger charge is -2.40. The van der Waals surface area contributed by atoms with E-state index < -0.39 is 0 Å². The molecule has 0 aliphatic carbocycles. The van der Waals surface area contributed by atoms with Crippen LogP contribution in [0.25, 0.3) is 0 Å². The van der Waals surface area contributed by atoms with E-state index >= 15 is 0 Å². The van der Waals surface area contributed by atoms with E-state index in [0.717, 1.165) is 12.5 Å². The minimum atomic E-state index is 0.484. The first-order chi connectivity index (χ1) is 7.84. The van der Waals surface area contributed by atoms with Crippen molar-refractivity contribution in [1.82, 2.24) is 4.90 Å². The van der Waals surface area contributed by atoms with Crippen molar-refractivity contribution in [3.8, 4) is 0 Å².